The van der Waals surface area contributed by atoms with E-state index < -0.39 is 17.6 Å². The van der Waals surface area contributed by atoms with Gasteiger partial charge in [-0.25, -0.2) is 28.5 Å². The molecule has 180 valence electrons. The molecule has 36 heavy (non-hydrogen) atoms. The number of hydrogen-bond acceptors (Lipinski definition) is 9. The first-order chi connectivity index (χ1) is 17.4. The summed E-state index contributed by atoms with van der Waals surface area (Å²) in [6.07, 6.45) is 4.38. The van der Waals surface area contributed by atoms with Crippen molar-refractivity contribution in [2.75, 3.05) is 11.9 Å². The Hall–Kier alpha value is -4.56. The quantitative estimate of drug-likeness (QED) is 0.293. The van der Waals surface area contributed by atoms with Crippen molar-refractivity contribution in [2.45, 2.75) is 16.8 Å². The average molecular weight is 506 g/mol. The normalized spacial score (nSPS) is 10.4. The Kier molecular flexibility index (Phi) is 7.67. The van der Waals surface area contributed by atoms with E-state index in [9.17, 15) is 13.6 Å². The standard InChI is InChI=1S/C25H17F2N5O3S/c1-2-34-25(33)16-4-8-23(30-13-16)36-18-10-21(35-17-5-6-19(26)20(27)9-17)24(31-14-18)32-22-7-3-15(11-28)12-29-22/h3-10,12-14H,2H2,1H3,(H,29,31,32). The molecule has 3 heterocycles. The molecule has 0 aliphatic carbocycles. The van der Waals surface area contributed by atoms with E-state index in [4.69, 9.17) is 14.7 Å². The van der Waals surface area contributed by atoms with Crippen molar-refractivity contribution in [3.8, 4) is 17.6 Å². The number of benzene rings is 1. The first kappa shape index (κ1) is 24.6. The fourth-order valence-electron chi connectivity index (χ4n) is 2.87. The van der Waals surface area contributed by atoms with Crippen molar-refractivity contribution < 1.29 is 23.0 Å². The molecule has 1 N–H and O–H groups in total. The molecule has 11 heteroatoms. The van der Waals surface area contributed by atoms with E-state index in [1.807, 2.05) is 6.07 Å². The van der Waals surface area contributed by atoms with E-state index in [0.717, 1.165) is 12.1 Å². The molecule has 0 saturated carbocycles. The van der Waals surface area contributed by atoms with Crippen LogP contribution in [-0.2, 0) is 4.74 Å². The smallest absolute Gasteiger partial charge is 0.339 e. The average Bonchev–Trinajstić information content (AvgIpc) is 2.89. The predicted molar refractivity (Wildman–Crippen MR) is 127 cm³/mol. The van der Waals surface area contributed by atoms with Crippen LogP contribution in [0.5, 0.6) is 11.5 Å². The third-order valence-electron chi connectivity index (χ3n) is 4.56. The van der Waals surface area contributed by atoms with Gasteiger partial charge in [-0.15, -0.1) is 0 Å². The largest absolute Gasteiger partial charge is 0.462 e. The van der Waals surface area contributed by atoms with Gasteiger partial charge in [0.15, 0.2) is 23.2 Å². The highest BCUT2D eigenvalue weighted by molar-refractivity contribution is 7.99. The minimum Gasteiger partial charge on any atom is -0.462 e. The number of rotatable bonds is 8. The summed E-state index contributed by atoms with van der Waals surface area (Å²) in [5, 5.41) is 12.5. The van der Waals surface area contributed by atoms with Crippen LogP contribution in [0.1, 0.15) is 22.8 Å². The number of anilines is 2. The predicted octanol–water partition coefficient (Wildman–Crippen LogP) is 5.89. The number of ether oxygens (including phenoxy) is 2. The van der Waals surface area contributed by atoms with E-state index in [2.05, 4.69) is 20.3 Å². The van der Waals surface area contributed by atoms with Crippen molar-refractivity contribution in [3.05, 3.63) is 89.9 Å². The van der Waals surface area contributed by atoms with Gasteiger partial charge >= 0.3 is 5.97 Å². The highest BCUT2D eigenvalue weighted by Gasteiger charge is 2.14. The molecule has 0 fully saturated rings. The highest BCUT2D eigenvalue weighted by Crippen LogP contribution is 2.35. The summed E-state index contributed by atoms with van der Waals surface area (Å²) in [5.74, 6) is -1.59. The van der Waals surface area contributed by atoms with Crippen LogP contribution in [0, 0.1) is 23.0 Å². The summed E-state index contributed by atoms with van der Waals surface area (Å²) >= 11 is 1.25. The fraction of sp³-hybridized carbons (Fsp3) is 0.0800. The number of nitrogens with zero attached hydrogens (tertiary/aromatic N) is 4. The van der Waals surface area contributed by atoms with E-state index >= 15 is 0 Å². The Morgan fingerprint density at radius 3 is 2.56 bits per heavy atom. The lowest BCUT2D eigenvalue weighted by atomic mass is 10.3. The Bertz CT molecular complexity index is 1430. The molecule has 0 amide bonds. The lowest BCUT2D eigenvalue weighted by Crippen LogP contribution is -2.04. The maximum Gasteiger partial charge on any atom is 0.339 e. The van der Waals surface area contributed by atoms with Crippen LogP contribution in [0.4, 0.5) is 20.4 Å². The van der Waals surface area contributed by atoms with Gasteiger partial charge < -0.3 is 14.8 Å². The van der Waals surface area contributed by atoms with E-state index in [0.29, 0.717) is 26.9 Å². The van der Waals surface area contributed by atoms with Crippen LogP contribution in [0.2, 0.25) is 0 Å². The van der Waals surface area contributed by atoms with Crippen LogP contribution in [0.15, 0.2) is 77.0 Å². The molecule has 0 saturated heterocycles. The lowest BCUT2D eigenvalue weighted by molar-refractivity contribution is 0.0525. The number of esters is 1. The SMILES string of the molecule is CCOC(=O)c1ccc(Sc2cnc(Nc3ccc(C#N)cn3)c(Oc3ccc(F)c(F)c3)c2)nc1. The van der Waals surface area contributed by atoms with Gasteiger partial charge in [-0.05, 0) is 43.3 Å². The Morgan fingerprint density at radius 1 is 1.03 bits per heavy atom. The fourth-order valence-corrected chi connectivity index (χ4v) is 3.63. The minimum absolute atomic E-state index is 0.0607. The second-order valence-electron chi connectivity index (χ2n) is 7.07. The molecule has 4 aromatic rings. The molecule has 0 bridgehead atoms. The molecule has 0 radical (unpaired) electrons. The second kappa shape index (κ2) is 11.2. The zero-order valence-corrected chi connectivity index (χ0v) is 19.6. The van der Waals surface area contributed by atoms with Crippen molar-refractivity contribution in [1.29, 1.82) is 5.26 Å². The minimum atomic E-state index is -1.06. The van der Waals surface area contributed by atoms with Gasteiger partial charge in [-0.2, -0.15) is 5.26 Å². The van der Waals surface area contributed by atoms with E-state index in [-0.39, 0.29) is 23.9 Å². The number of aromatic nitrogens is 3. The van der Waals surface area contributed by atoms with Crippen LogP contribution < -0.4 is 10.1 Å². The maximum absolute atomic E-state index is 13.7. The molecule has 3 aromatic heterocycles. The van der Waals surface area contributed by atoms with Gasteiger partial charge in [-0.3, -0.25) is 0 Å². The van der Waals surface area contributed by atoms with Gasteiger partial charge in [0.2, 0.25) is 0 Å². The number of pyridine rings is 3. The van der Waals surface area contributed by atoms with Crippen LogP contribution in [0.3, 0.4) is 0 Å². The number of nitriles is 1. The molecule has 0 aliphatic rings. The molecule has 0 spiro atoms. The van der Waals surface area contributed by atoms with Crippen LogP contribution in [0.25, 0.3) is 0 Å². The third-order valence-corrected chi connectivity index (χ3v) is 5.47. The first-order valence-electron chi connectivity index (χ1n) is 10.5. The summed E-state index contributed by atoms with van der Waals surface area (Å²) in [6, 6.07) is 13.3. The zero-order chi connectivity index (χ0) is 25.5. The molecule has 4 rings (SSSR count). The Balaban J connectivity index is 1.61. The highest BCUT2D eigenvalue weighted by atomic mass is 32.2. The third kappa shape index (κ3) is 6.11. The van der Waals surface area contributed by atoms with Gasteiger partial charge in [0.25, 0.3) is 0 Å². The number of carbonyl (C=O) groups is 1. The number of carbonyl (C=O) groups excluding carboxylic acids is 1. The van der Waals surface area contributed by atoms with Gasteiger partial charge in [0, 0.05) is 35.6 Å². The molecule has 0 unspecified atom stereocenters. The van der Waals surface area contributed by atoms with Gasteiger partial charge in [0.05, 0.1) is 17.7 Å². The van der Waals surface area contributed by atoms with Gasteiger partial charge in [0.1, 0.15) is 22.7 Å². The maximum atomic E-state index is 13.7. The summed E-state index contributed by atoms with van der Waals surface area (Å²) < 4.78 is 37.9. The van der Waals surface area contributed by atoms with Crippen LogP contribution in [-0.4, -0.2) is 27.5 Å². The van der Waals surface area contributed by atoms with Crippen LogP contribution >= 0.6 is 11.8 Å². The summed E-state index contributed by atoms with van der Waals surface area (Å²) in [7, 11) is 0. The van der Waals surface area contributed by atoms with E-state index in [1.54, 1.807) is 43.5 Å². The molecule has 0 aliphatic heterocycles. The number of nitrogens with one attached hydrogen (secondary N) is 1. The molecule has 0 atom stereocenters. The van der Waals surface area contributed by atoms with Crippen molar-refractivity contribution in [2.24, 2.45) is 0 Å². The molecular formula is C25H17F2N5O3S. The Morgan fingerprint density at radius 2 is 1.89 bits per heavy atom. The van der Waals surface area contributed by atoms with Crippen molar-refractivity contribution in [1.82, 2.24) is 15.0 Å². The topological polar surface area (TPSA) is 110 Å². The summed E-state index contributed by atoms with van der Waals surface area (Å²) in [6.45, 7) is 1.98. The number of hydrogen-bond donors (Lipinski definition) is 1. The van der Waals surface area contributed by atoms with Crippen molar-refractivity contribution in [3.63, 3.8) is 0 Å². The van der Waals surface area contributed by atoms with E-state index in [1.165, 1.54) is 30.2 Å². The number of halogens is 2. The Labute approximate surface area is 209 Å². The summed E-state index contributed by atoms with van der Waals surface area (Å²) in [4.78, 5) is 25.3. The van der Waals surface area contributed by atoms with Crippen molar-refractivity contribution >= 4 is 29.4 Å². The second-order valence-corrected chi connectivity index (χ2v) is 8.17. The molecule has 8 nitrogen and oxygen atoms in total. The molecule has 1 aromatic carbocycles. The lowest BCUT2D eigenvalue weighted by Gasteiger charge is -2.13. The summed E-state index contributed by atoms with van der Waals surface area (Å²) in [5.41, 5.74) is 0.719. The zero-order valence-electron chi connectivity index (χ0n) is 18.7. The molecular weight excluding hydrogens is 488 g/mol. The first-order valence-corrected chi connectivity index (χ1v) is 11.3. The van der Waals surface area contributed by atoms with Gasteiger partial charge in [-0.1, -0.05) is 11.8 Å². The monoisotopic (exact) mass is 505 g/mol.